The standard InChI is InChI=1S/C12H9ClF3NOS/c13-11-4-2-8(19-11)5-10(18)9-3-1-7(6-17-9)12(14,15)16/h1-4,6,10,18H,5H2. The molecule has 19 heavy (non-hydrogen) atoms. The van der Waals surface area contributed by atoms with E-state index >= 15 is 0 Å². The van der Waals surface area contributed by atoms with Crippen LogP contribution in [0.15, 0.2) is 30.5 Å². The second-order valence-corrected chi connectivity index (χ2v) is 5.69. The highest BCUT2D eigenvalue weighted by Crippen LogP contribution is 2.30. The number of aliphatic hydroxyl groups excluding tert-OH is 1. The molecule has 0 fully saturated rings. The van der Waals surface area contributed by atoms with Gasteiger partial charge in [-0.1, -0.05) is 11.6 Å². The topological polar surface area (TPSA) is 33.1 Å². The molecule has 0 saturated heterocycles. The van der Waals surface area contributed by atoms with Crippen LogP contribution >= 0.6 is 22.9 Å². The third-order valence-electron chi connectivity index (χ3n) is 2.48. The first kappa shape index (κ1) is 14.3. The van der Waals surface area contributed by atoms with E-state index in [4.69, 9.17) is 11.6 Å². The van der Waals surface area contributed by atoms with Gasteiger partial charge in [0.05, 0.1) is 15.6 Å². The maximum absolute atomic E-state index is 12.4. The molecule has 2 rings (SSSR count). The molecule has 0 aliphatic carbocycles. The molecule has 0 amide bonds. The summed E-state index contributed by atoms with van der Waals surface area (Å²) >= 11 is 7.07. The van der Waals surface area contributed by atoms with E-state index in [1.807, 2.05) is 0 Å². The molecule has 0 aromatic carbocycles. The van der Waals surface area contributed by atoms with Crippen molar-refractivity contribution in [1.29, 1.82) is 0 Å². The molecule has 7 heteroatoms. The Morgan fingerprint density at radius 3 is 2.47 bits per heavy atom. The van der Waals surface area contributed by atoms with Gasteiger partial charge in [0.2, 0.25) is 0 Å². The molecule has 0 spiro atoms. The average Bonchev–Trinajstić information content (AvgIpc) is 2.74. The summed E-state index contributed by atoms with van der Waals surface area (Å²) in [5.74, 6) is 0. The number of hydrogen-bond acceptors (Lipinski definition) is 3. The predicted octanol–water partition coefficient (Wildman–Crippen LogP) is 4.09. The van der Waals surface area contributed by atoms with Crippen molar-refractivity contribution in [2.45, 2.75) is 18.7 Å². The molecule has 0 radical (unpaired) electrons. The highest BCUT2D eigenvalue weighted by Gasteiger charge is 2.30. The molecule has 0 saturated carbocycles. The highest BCUT2D eigenvalue weighted by atomic mass is 35.5. The fraction of sp³-hybridized carbons (Fsp3) is 0.250. The van der Waals surface area contributed by atoms with Gasteiger partial charge in [-0.05, 0) is 24.3 Å². The van der Waals surface area contributed by atoms with Crippen LogP contribution in [0.25, 0.3) is 0 Å². The first-order chi connectivity index (χ1) is 8.86. The van der Waals surface area contributed by atoms with Crippen LogP contribution in [0.4, 0.5) is 13.2 Å². The molecule has 0 aliphatic heterocycles. The summed E-state index contributed by atoms with van der Waals surface area (Å²) in [5.41, 5.74) is -0.625. The van der Waals surface area contributed by atoms with Crippen molar-refractivity contribution in [3.8, 4) is 0 Å². The predicted molar refractivity (Wildman–Crippen MR) is 67.2 cm³/mol. The number of halogens is 4. The van der Waals surface area contributed by atoms with Crippen LogP contribution < -0.4 is 0 Å². The summed E-state index contributed by atoms with van der Waals surface area (Å²) in [6, 6.07) is 5.56. The van der Waals surface area contributed by atoms with Crippen LogP contribution in [0.3, 0.4) is 0 Å². The summed E-state index contributed by atoms with van der Waals surface area (Å²) in [6.45, 7) is 0. The number of alkyl halides is 3. The zero-order chi connectivity index (χ0) is 14.0. The number of aliphatic hydroxyl groups is 1. The van der Waals surface area contributed by atoms with E-state index < -0.39 is 17.8 Å². The van der Waals surface area contributed by atoms with Crippen molar-refractivity contribution in [1.82, 2.24) is 4.98 Å². The van der Waals surface area contributed by atoms with Gasteiger partial charge in [0.1, 0.15) is 6.10 Å². The van der Waals surface area contributed by atoms with Crippen molar-refractivity contribution >= 4 is 22.9 Å². The molecule has 0 aliphatic rings. The molecular formula is C12H9ClF3NOS. The molecule has 0 bridgehead atoms. The van der Waals surface area contributed by atoms with E-state index in [9.17, 15) is 18.3 Å². The van der Waals surface area contributed by atoms with E-state index in [-0.39, 0.29) is 12.1 Å². The molecule has 1 N–H and O–H groups in total. The second kappa shape index (κ2) is 5.48. The lowest BCUT2D eigenvalue weighted by atomic mass is 10.1. The number of pyridine rings is 1. The van der Waals surface area contributed by atoms with Crippen LogP contribution in [0.2, 0.25) is 4.34 Å². The summed E-state index contributed by atoms with van der Waals surface area (Å²) < 4.78 is 37.7. The van der Waals surface area contributed by atoms with Crippen LogP contribution in [-0.4, -0.2) is 10.1 Å². The zero-order valence-electron chi connectivity index (χ0n) is 9.49. The van der Waals surface area contributed by atoms with E-state index in [0.717, 1.165) is 17.1 Å². The Kier molecular flexibility index (Phi) is 4.13. The monoisotopic (exact) mass is 307 g/mol. The number of aromatic nitrogens is 1. The van der Waals surface area contributed by atoms with Crippen LogP contribution in [-0.2, 0) is 12.6 Å². The minimum Gasteiger partial charge on any atom is -0.386 e. The van der Waals surface area contributed by atoms with Gasteiger partial charge in [0.15, 0.2) is 0 Å². The fourth-order valence-electron chi connectivity index (χ4n) is 1.53. The Hall–Kier alpha value is -1.11. The lowest BCUT2D eigenvalue weighted by Gasteiger charge is -2.10. The molecule has 2 nitrogen and oxygen atoms in total. The Morgan fingerprint density at radius 2 is 2.00 bits per heavy atom. The van der Waals surface area contributed by atoms with E-state index in [1.54, 1.807) is 12.1 Å². The summed E-state index contributed by atoms with van der Waals surface area (Å²) in [5, 5.41) is 9.90. The van der Waals surface area contributed by atoms with Crippen LogP contribution in [0, 0.1) is 0 Å². The summed E-state index contributed by atoms with van der Waals surface area (Å²) in [4.78, 5) is 4.50. The van der Waals surface area contributed by atoms with E-state index in [0.29, 0.717) is 4.34 Å². The van der Waals surface area contributed by atoms with Gasteiger partial charge in [-0.15, -0.1) is 11.3 Å². The minimum absolute atomic E-state index is 0.206. The first-order valence-corrected chi connectivity index (χ1v) is 6.51. The third-order valence-corrected chi connectivity index (χ3v) is 3.73. The van der Waals surface area contributed by atoms with E-state index in [2.05, 4.69) is 4.98 Å². The zero-order valence-corrected chi connectivity index (χ0v) is 11.1. The molecule has 2 aromatic rings. The van der Waals surface area contributed by atoms with Crippen molar-refractivity contribution in [3.63, 3.8) is 0 Å². The Morgan fingerprint density at radius 1 is 1.26 bits per heavy atom. The van der Waals surface area contributed by atoms with Crippen molar-refractivity contribution < 1.29 is 18.3 Å². The van der Waals surface area contributed by atoms with Crippen LogP contribution in [0.1, 0.15) is 22.2 Å². The van der Waals surface area contributed by atoms with Gasteiger partial charge in [-0.3, -0.25) is 4.98 Å². The summed E-state index contributed by atoms with van der Waals surface area (Å²) in [6.07, 6.45) is -4.37. The molecule has 2 aromatic heterocycles. The Balaban J connectivity index is 2.09. The first-order valence-electron chi connectivity index (χ1n) is 5.31. The van der Waals surface area contributed by atoms with Crippen molar-refractivity contribution in [2.75, 3.05) is 0 Å². The van der Waals surface area contributed by atoms with Gasteiger partial charge in [-0.2, -0.15) is 13.2 Å². The summed E-state index contributed by atoms with van der Waals surface area (Å²) in [7, 11) is 0. The lowest BCUT2D eigenvalue weighted by molar-refractivity contribution is -0.137. The maximum atomic E-state index is 12.4. The molecular weight excluding hydrogens is 299 g/mol. The number of nitrogens with zero attached hydrogens (tertiary/aromatic N) is 1. The van der Waals surface area contributed by atoms with Gasteiger partial charge in [0.25, 0.3) is 0 Å². The Labute approximate surface area is 116 Å². The number of thiophene rings is 1. The van der Waals surface area contributed by atoms with Crippen LogP contribution in [0.5, 0.6) is 0 Å². The van der Waals surface area contributed by atoms with Gasteiger partial charge in [-0.25, -0.2) is 0 Å². The van der Waals surface area contributed by atoms with E-state index in [1.165, 1.54) is 17.4 Å². The quantitative estimate of drug-likeness (QED) is 0.926. The maximum Gasteiger partial charge on any atom is 0.417 e. The van der Waals surface area contributed by atoms with Gasteiger partial charge < -0.3 is 5.11 Å². The SMILES string of the molecule is OC(Cc1ccc(Cl)s1)c1ccc(C(F)(F)F)cn1. The van der Waals surface area contributed by atoms with Gasteiger partial charge in [0, 0.05) is 17.5 Å². The normalized spacial score (nSPS) is 13.5. The molecule has 102 valence electrons. The highest BCUT2D eigenvalue weighted by molar-refractivity contribution is 7.16. The van der Waals surface area contributed by atoms with Crippen molar-refractivity contribution in [2.24, 2.45) is 0 Å². The minimum atomic E-state index is -4.42. The molecule has 2 heterocycles. The average molecular weight is 308 g/mol. The second-order valence-electron chi connectivity index (χ2n) is 3.90. The number of hydrogen-bond donors (Lipinski definition) is 1. The van der Waals surface area contributed by atoms with Gasteiger partial charge >= 0.3 is 6.18 Å². The largest absolute Gasteiger partial charge is 0.417 e. The molecule has 1 atom stereocenters. The lowest BCUT2D eigenvalue weighted by Crippen LogP contribution is -2.08. The third kappa shape index (κ3) is 3.68. The fourth-order valence-corrected chi connectivity index (χ4v) is 2.65. The Bertz CT molecular complexity index is 553. The van der Waals surface area contributed by atoms with Crippen molar-refractivity contribution in [3.05, 3.63) is 50.9 Å². The smallest absolute Gasteiger partial charge is 0.386 e. The molecule has 1 unspecified atom stereocenters. The number of rotatable bonds is 3.